The van der Waals surface area contributed by atoms with Gasteiger partial charge >= 0.3 is 0 Å². The van der Waals surface area contributed by atoms with Crippen LogP contribution >= 0.6 is 0 Å². The molecule has 0 saturated carbocycles. The van der Waals surface area contributed by atoms with Gasteiger partial charge in [-0.3, -0.25) is 9.89 Å². The number of anilines is 2. The van der Waals surface area contributed by atoms with Crippen LogP contribution < -0.4 is 4.31 Å². The van der Waals surface area contributed by atoms with Crippen LogP contribution in [0.2, 0.25) is 0 Å². The third-order valence-electron chi connectivity index (χ3n) is 3.59. The van der Waals surface area contributed by atoms with Gasteiger partial charge in [0, 0.05) is 11.6 Å². The number of hydrogen-bond donors (Lipinski definition) is 1. The SMILES string of the molecule is Cc1cc(N(c2ccccc2)S(=O)(=O)CC(=O)c2ccccc2)[nH]n1. The van der Waals surface area contributed by atoms with Crippen molar-refractivity contribution in [3.05, 3.63) is 78.0 Å². The zero-order valence-electron chi connectivity index (χ0n) is 13.6. The molecule has 7 heteroatoms. The first-order valence-electron chi connectivity index (χ1n) is 7.66. The Morgan fingerprint density at radius 3 is 2.20 bits per heavy atom. The molecule has 2 aromatic carbocycles. The molecule has 0 spiro atoms. The summed E-state index contributed by atoms with van der Waals surface area (Å²) in [4.78, 5) is 12.4. The highest BCUT2D eigenvalue weighted by Gasteiger charge is 2.29. The fourth-order valence-electron chi connectivity index (χ4n) is 2.46. The van der Waals surface area contributed by atoms with E-state index in [0.29, 0.717) is 22.8 Å². The molecule has 0 aliphatic heterocycles. The number of aromatic amines is 1. The number of nitrogens with zero attached hydrogens (tertiary/aromatic N) is 2. The van der Waals surface area contributed by atoms with Crippen LogP contribution in [-0.2, 0) is 10.0 Å². The Bertz CT molecular complexity index is 967. The Labute approximate surface area is 146 Å². The number of rotatable bonds is 6. The van der Waals surface area contributed by atoms with Crippen LogP contribution in [0.1, 0.15) is 16.1 Å². The minimum atomic E-state index is -3.95. The summed E-state index contributed by atoms with van der Waals surface area (Å²) >= 11 is 0. The van der Waals surface area contributed by atoms with Crippen molar-refractivity contribution in [3.8, 4) is 0 Å². The monoisotopic (exact) mass is 355 g/mol. The van der Waals surface area contributed by atoms with E-state index in [-0.39, 0.29) is 0 Å². The summed E-state index contributed by atoms with van der Waals surface area (Å²) in [6, 6.07) is 18.6. The van der Waals surface area contributed by atoms with Crippen molar-refractivity contribution in [1.29, 1.82) is 0 Å². The first-order chi connectivity index (χ1) is 12.0. The van der Waals surface area contributed by atoms with Gasteiger partial charge in [0.2, 0.25) is 10.0 Å². The molecule has 3 aromatic rings. The number of aryl methyl sites for hydroxylation is 1. The van der Waals surface area contributed by atoms with Crippen LogP contribution in [0.4, 0.5) is 11.5 Å². The molecule has 1 N–H and O–H groups in total. The summed E-state index contributed by atoms with van der Waals surface area (Å²) in [7, 11) is -3.95. The minimum absolute atomic E-state index is 0.296. The summed E-state index contributed by atoms with van der Waals surface area (Å²) in [6.45, 7) is 1.75. The Balaban J connectivity index is 1.99. The highest BCUT2D eigenvalue weighted by molar-refractivity contribution is 7.93. The molecule has 0 aliphatic rings. The Morgan fingerprint density at radius 2 is 1.64 bits per heavy atom. The smallest absolute Gasteiger partial charge is 0.248 e. The number of aromatic nitrogens is 2. The molecule has 1 aromatic heterocycles. The van der Waals surface area contributed by atoms with Crippen molar-refractivity contribution in [3.63, 3.8) is 0 Å². The number of sulfonamides is 1. The molecule has 0 saturated heterocycles. The molecule has 25 heavy (non-hydrogen) atoms. The van der Waals surface area contributed by atoms with Crippen LogP contribution in [0, 0.1) is 6.92 Å². The normalized spacial score (nSPS) is 11.2. The molecule has 6 nitrogen and oxygen atoms in total. The van der Waals surface area contributed by atoms with Gasteiger partial charge in [0.05, 0.1) is 11.4 Å². The van der Waals surface area contributed by atoms with Gasteiger partial charge in [0.25, 0.3) is 0 Å². The fourth-order valence-corrected chi connectivity index (χ4v) is 3.93. The van der Waals surface area contributed by atoms with Gasteiger partial charge in [0.1, 0.15) is 11.6 Å². The lowest BCUT2D eigenvalue weighted by atomic mass is 10.2. The maximum Gasteiger partial charge on any atom is 0.248 e. The highest BCUT2D eigenvalue weighted by atomic mass is 32.2. The second kappa shape index (κ2) is 6.90. The molecule has 0 atom stereocenters. The molecular formula is C18H17N3O3S. The van der Waals surface area contributed by atoms with Crippen molar-refractivity contribution >= 4 is 27.3 Å². The van der Waals surface area contributed by atoms with E-state index < -0.39 is 21.6 Å². The minimum Gasteiger partial charge on any atom is -0.293 e. The van der Waals surface area contributed by atoms with Gasteiger partial charge in [0.15, 0.2) is 5.78 Å². The van der Waals surface area contributed by atoms with E-state index in [1.165, 1.54) is 0 Å². The lowest BCUT2D eigenvalue weighted by molar-refractivity contribution is 0.102. The topological polar surface area (TPSA) is 83.1 Å². The van der Waals surface area contributed by atoms with E-state index in [1.54, 1.807) is 73.7 Å². The number of para-hydroxylation sites is 1. The molecule has 0 bridgehead atoms. The van der Waals surface area contributed by atoms with Gasteiger partial charge in [-0.2, -0.15) is 5.10 Å². The molecule has 128 valence electrons. The average Bonchev–Trinajstić information content (AvgIpc) is 3.02. The first-order valence-corrected chi connectivity index (χ1v) is 9.26. The van der Waals surface area contributed by atoms with E-state index in [9.17, 15) is 13.2 Å². The number of nitrogens with one attached hydrogen (secondary N) is 1. The van der Waals surface area contributed by atoms with E-state index in [4.69, 9.17) is 0 Å². The number of Topliss-reactive ketones (excluding diaryl/α,β-unsaturated/α-hetero) is 1. The summed E-state index contributed by atoms with van der Waals surface area (Å²) < 4.78 is 27.1. The van der Waals surface area contributed by atoms with Crippen molar-refractivity contribution in [2.24, 2.45) is 0 Å². The number of H-pyrrole nitrogens is 1. The van der Waals surface area contributed by atoms with Gasteiger partial charge < -0.3 is 0 Å². The van der Waals surface area contributed by atoms with Gasteiger partial charge in [-0.15, -0.1) is 0 Å². The highest BCUT2D eigenvalue weighted by Crippen LogP contribution is 2.28. The number of ketones is 1. The lowest BCUT2D eigenvalue weighted by Crippen LogP contribution is -2.32. The average molecular weight is 355 g/mol. The second-order valence-corrected chi connectivity index (χ2v) is 7.36. The van der Waals surface area contributed by atoms with Gasteiger partial charge in [-0.25, -0.2) is 12.7 Å². The molecule has 0 unspecified atom stereocenters. The van der Waals surface area contributed by atoms with Crippen LogP contribution in [0.25, 0.3) is 0 Å². The van der Waals surface area contributed by atoms with Crippen LogP contribution in [-0.4, -0.2) is 30.2 Å². The lowest BCUT2D eigenvalue weighted by Gasteiger charge is -2.22. The Hall–Kier alpha value is -2.93. The number of benzene rings is 2. The maximum absolute atomic E-state index is 13.0. The predicted octanol–water partition coefficient (Wildman–Crippen LogP) is 3.07. The quantitative estimate of drug-likeness (QED) is 0.689. The zero-order valence-corrected chi connectivity index (χ0v) is 14.4. The molecule has 3 rings (SSSR count). The summed E-state index contributed by atoms with van der Waals surface area (Å²) in [5.41, 5.74) is 1.45. The van der Waals surface area contributed by atoms with Gasteiger partial charge in [-0.1, -0.05) is 48.5 Å². The Kier molecular flexibility index (Phi) is 4.67. The molecule has 0 fully saturated rings. The number of carbonyl (C=O) groups is 1. The van der Waals surface area contributed by atoms with Crippen molar-refractivity contribution in [2.45, 2.75) is 6.92 Å². The summed E-state index contributed by atoms with van der Waals surface area (Å²) in [5, 5.41) is 6.71. The number of carbonyl (C=O) groups excluding carboxylic acids is 1. The summed E-state index contributed by atoms with van der Waals surface area (Å²) in [5.74, 6) is -0.799. The first kappa shape index (κ1) is 16.9. The van der Waals surface area contributed by atoms with Crippen molar-refractivity contribution in [2.75, 3.05) is 10.1 Å². The van der Waals surface area contributed by atoms with Crippen molar-refractivity contribution in [1.82, 2.24) is 10.2 Å². The third-order valence-corrected chi connectivity index (χ3v) is 5.18. The molecule has 0 amide bonds. The number of hydrogen-bond acceptors (Lipinski definition) is 4. The maximum atomic E-state index is 13.0. The predicted molar refractivity (Wildman–Crippen MR) is 96.5 cm³/mol. The van der Waals surface area contributed by atoms with E-state index in [0.717, 1.165) is 4.31 Å². The van der Waals surface area contributed by atoms with Crippen LogP contribution in [0.15, 0.2) is 66.7 Å². The molecule has 0 aliphatic carbocycles. The van der Waals surface area contributed by atoms with Gasteiger partial charge in [-0.05, 0) is 19.1 Å². The van der Waals surface area contributed by atoms with Crippen molar-refractivity contribution < 1.29 is 13.2 Å². The summed E-state index contributed by atoms with van der Waals surface area (Å²) in [6.07, 6.45) is 0. The van der Waals surface area contributed by atoms with Crippen LogP contribution in [0.5, 0.6) is 0 Å². The Morgan fingerprint density at radius 1 is 1.04 bits per heavy atom. The molecule has 1 heterocycles. The standard InChI is InChI=1S/C18H17N3O3S/c1-14-12-18(20-19-14)21(16-10-6-3-7-11-16)25(23,24)13-17(22)15-8-4-2-5-9-15/h2-12H,13H2,1H3,(H,19,20). The van der Waals surface area contributed by atoms with E-state index in [2.05, 4.69) is 10.2 Å². The van der Waals surface area contributed by atoms with Crippen LogP contribution in [0.3, 0.4) is 0 Å². The third kappa shape index (κ3) is 3.77. The van der Waals surface area contributed by atoms with E-state index in [1.807, 2.05) is 0 Å². The fraction of sp³-hybridized carbons (Fsp3) is 0.111. The molecular weight excluding hydrogens is 338 g/mol. The zero-order chi connectivity index (χ0) is 17.9. The largest absolute Gasteiger partial charge is 0.293 e. The molecule has 0 radical (unpaired) electrons. The van der Waals surface area contributed by atoms with E-state index >= 15 is 0 Å². The second-order valence-electron chi connectivity index (χ2n) is 5.54.